The van der Waals surface area contributed by atoms with Gasteiger partial charge in [0.05, 0.1) is 5.56 Å². The molecule has 0 saturated heterocycles. The van der Waals surface area contributed by atoms with Crippen molar-refractivity contribution in [1.82, 2.24) is 0 Å². The zero-order valence-electron chi connectivity index (χ0n) is 9.50. The van der Waals surface area contributed by atoms with Gasteiger partial charge in [-0.05, 0) is 31.0 Å². The topological polar surface area (TPSA) is 52.3 Å². The Balaban J connectivity index is 2.80. The van der Waals surface area contributed by atoms with Crippen LogP contribution in [0.15, 0.2) is 18.2 Å². The Morgan fingerprint density at radius 3 is 2.56 bits per heavy atom. The number of esters is 1. The summed E-state index contributed by atoms with van der Waals surface area (Å²) in [7, 11) is 0. The summed E-state index contributed by atoms with van der Waals surface area (Å²) in [4.78, 5) is 11.7. The van der Waals surface area contributed by atoms with E-state index in [0.717, 1.165) is 18.9 Å². The molecule has 0 fully saturated rings. The maximum atomic E-state index is 12.8. The Bertz CT molecular complexity index is 375. The summed E-state index contributed by atoms with van der Waals surface area (Å²) in [5.74, 6) is -0.956. The molecule has 0 aliphatic rings. The number of nitrogens with two attached hydrogens (primary N) is 1. The molecule has 0 bridgehead atoms. The maximum absolute atomic E-state index is 12.8. The highest BCUT2D eigenvalue weighted by atomic mass is 19.1. The average Bonchev–Trinajstić information content (AvgIpc) is 2.25. The molecule has 1 aromatic rings. The van der Waals surface area contributed by atoms with Gasteiger partial charge >= 0.3 is 5.97 Å². The molecule has 1 aromatic carbocycles. The first-order chi connectivity index (χ1) is 7.58. The van der Waals surface area contributed by atoms with Crippen molar-refractivity contribution in [3.05, 3.63) is 29.6 Å². The molecule has 16 heavy (non-hydrogen) atoms. The van der Waals surface area contributed by atoms with Crippen molar-refractivity contribution in [2.75, 3.05) is 5.73 Å². The van der Waals surface area contributed by atoms with Crippen LogP contribution < -0.4 is 5.73 Å². The normalized spacial score (nSPS) is 10.5. The molecule has 2 N–H and O–H groups in total. The predicted octanol–water partition coefficient (Wildman–Crippen LogP) is 2.75. The van der Waals surface area contributed by atoms with Gasteiger partial charge in [0.15, 0.2) is 0 Å². The van der Waals surface area contributed by atoms with E-state index in [1.165, 1.54) is 12.1 Å². The zero-order valence-corrected chi connectivity index (χ0v) is 9.50. The lowest BCUT2D eigenvalue weighted by atomic mass is 10.1. The molecule has 0 aliphatic heterocycles. The number of carbonyl (C=O) groups excluding carboxylic acids is 1. The molecule has 0 amide bonds. The molecule has 88 valence electrons. The van der Waals surface area contributed by atoms with Crippen molar-refractivity contribution in [2.45, 2.75) is 32.8 Å². The number of nitrogen functional groups attached to an aromatic ring is 1. The number of hydrogen-bond donors (Lipinski definition) is 1. The number of anilines is 1. The van der Waals surface area contributed by atoms with Crippen molar-refractivity contribution >= 4 is 11.7 Å². The Hall–Kier alpha value is -1.58. The monoisotopic (exact) mass is 225 g/mol. The number of carbonyl (C=O) groups is 1. The smallest absolute Gasteiger partial charge is 0.340 e. The van der Waals surface area contributed by atoms with E-state index >= 15 is 0 Å². The Kier molecular flexibility index (Phi) is 4.28. The van der Waals surface area contributed by atoms with Gasteiger partial charge in [0.25, 0.3) is 0 Å². The summed E-state index contributed by atoms with van der Waals surface area (Å²) in [5, 5.41) is 0. The summed E-state index contributed by atoms with van der Waals surface area (Å²) in [6.07, 6.45) is 1.39. The largest absolute Gasteiger partial charge is 0.459 e. The summed E-state index contributed by atoms with van der Waals surface area (Å²) < 4.78 is 18.0. The molecule has 0 saturated carbocycles. The molecule has 3 nitrogen and oxygen atoms in total. The number of hydrogen-bond acceptors (Lipinski definition) is 3. The van der Waals surface area contributed by atoms with E-state index in [9.17, 15) is 9.18 Å². The first kappa shape index (κ1) is 12.5. The van der Waals surface area contributed by atoms with Gasteiger partial charge in [0.2, 0.25) is 0 Å². The second-order valence-corrected chi connectivity index (χ2v) is 3.58. The molecule has 0 spiro atoms. The van der Waals surface area contributed by atoms with Gasteiger partial charge in [0, 0.05) is 5.69 Å². The van der Waals surface area contributed by atoms with Gasteiger partial charge in [-0.15, -0.1) is 0 Å². The van der Waals surface area contributed by atoms with Crippen LogP contribution in [0.5, 0.6) is 0 Å². The lowest BCUT2D eigenvalue weighted by Gasteiger charge is -2.14. The third-order valence-corrected chi connectivity index (χ3v) is 2.42. The molecule has 0 unspecified atom stereocenters. The fourth-order valence-corrected chi connectivity index (χ4v) is 1.39. The second kappa shape index (κ2) is 5.49. The van der Waals surface area contributed by atoms with E-state index in [-0.39, 0.29) is 17.4 Å². The second-order valence-electron chi connectivity index (χ2n) is 3.58. The molecule has 4 heteroatoms. The third kappa shape index (κ3) is 2.95. The van der Waals surface area contributed by atoms with Crippen LogP contribution in [0.3, 0.4) is 0 Å². The van der Waals surface area contributed by atoms with Gasteiger partial charge in [-0.2, -0.15) is 0 Å². The number of halogens is 1. The van der Waals surface area contributed by atoms with Crippen molar-refractivity contribution in [3.63, 3.8) is 0 Å². The quantitative estimate of drug-likeness (QED) is 0.633. The highest BCUT2D eigenvalue weighted by Gasteiger charge is 2.15. The minimum absolute atomic E-state index is 0.107. The maximum Gasteiger partial charge on any atom is 0.340 e. The van der Waals surface area contributed by atoms with Crippen LogP contribution in [0.25, 0.3) is 0 Å². The fraction of sp³-hybridized carbons (Fsp3) is 0.417. The number of rotatable bonds is 4. The molecule has 0 aromatic heterocycles. The average molecular weight is 225 g/mol. The van der Waals surface area contributed by atoms with Crippen LogP contribution in [0, 0.1) is 5.82 Å². The molecule has 0 atom stereocenters. The Morgan fingerprint density at radius 2 is 2.06 bits per heavy atom. The molecule has 1 rings (SSSR count). The number of benzene rings is 1. The minimum atomic E-state index is -0.494. The van der Waals surface area contributed by atoms with Gasteiger partial charge in [-0.3, -0.25) is 0 Å². The SMILES string of the molecule is CCC(CC)OC(=O)c1ccc(F)cc1N. The molecule has 0 aliphatic carbocycles. The van der Waals surface area contributed by atoms with Gasteiger partial charge in [-0.25, -0.2) is 9.18 Å². The molecule has 0 heterocycles. The van der Waals surface area contributed by atoms with E-state index in [2.05, 4.69) is 0 Å². The summed E-state index contributed by atoms with van der Waals surface area (Å²) in [6.45, 7) is 3.88. The van der Waals surface area contributed by atoms with Crippen LogP contribution in [-0.4, -0.2) is 12.1 Å². The van der Waals surface area contributed by atoms with E-state index in [4.69, 9.17) is 10.5 Å². The van der Waals surface area contributed by atoms with E-state index in [1.54, 1.807) is 0 Å². The summed E-state index contributed by atoms with van der Waals surface area (Å²) in [5.41, 5.74) is 5.86. The molecule has 0 radical (unpaired) electrons. The van der Waals surface area contributed by atoms with Crippen molar-refractivity contribution < 1.29 is 13.9 Å². The van der Waals surface area contributed by atoms with Gasteiger partial charge in [-0.1, -0.05) is 13.8 Å². The van der Waals surface area contributed by atoms with Crippen LogP contribution in [-0.2, 0) is 4.74 Å². The van der Waals surface area contributed by atoms with Crippen LogP contribution in [0.4, 0.5) is 10.1 Å². The van der Waals surface area contributed by atoms with Gasteiger partial charge < -0.3 is 10.5 Å². The fourth-order valence-electron chi connectivity index (χ4n) is 1.39. The van der Waals surface area contributed by atoms with Crippen molar-refractivity contribution in [2.24, 2.45) is 0 Å². The van der Waals surface area contributed by atoms with Crippen molar-refractivity contribution in [3.8, 4) is 0 Å². The lowest BCUT2D eigenvalue weighted by molar-refractivity contribution is 0.0285. The minimum Gasteiger partial charge on any atom is -0.459 e. The number of ether oxygens (including phenoxy) is 1. The third-order valence-electron chi connectivity index (χ3n) is 2.42. The first-order valence-electron chi connectivity index (χ1n) is 5.34. The summed E-state index contributed by atoms with van der Waals surface area (Å²) >= 11 is 0. The molecular weight excluding hydrogens is 209 g/mol. The van der Waals surface area contributed by atoms with E-state index < -0.39 is 11.8 Å². The molecular formula is C12H16FNO2. The lowest BCUT2D eigenvalue weighted by Crippen LogP contribution is -2.17. The van der Waals surface area contributed by atoms with Gasteiger partial charge in [0.1, 0.15) is 11.9 Å². The van der Waals surface area contributed by atoms with Crippen molar-refractivity contribution in [1.29, 1.82) is 0 Å². The van der Waals surface area contributed by atoms with E-state index in [0.29, 0.717) is 0 Å². The summed E-state index contributed by atoms with van der Waals surface area (Å²) in [6, 6.07) is 3.65. The zero-order chi connectivity index (χ0) is 12.1. The highest BCUT2D eigenvalue weighted by Crippen LogP contribution is 2.16. The van der Waals surface area contributed by atoms with Crippen LogP contribution in [0.2, 0.25) is 0 Å². The first-order valence-corrected chi connectivity index (χ1v) is 5.34. The van der Waals surface area contributed by atoms with E-state index in [1.807, 2.05) is 13.8 Å². The predicted molar refractivity (Wildman–Crippen MR) is 60.6 cm³/mol. The Labute approximate surface area is 94.4 Å². The van der Waals surface area contributed by atoms with Crippen LogP contribution in [0.1, 0.15) is 37.0 Å². The van der Waals surface area contributed by atoms with Crippen LogP contribution >= 0.6 is 0 Å². The highest BCUT2D eigenvalue weighted by molar-refractivity contribution is 5.95. The standard InChI is InChI=1S/C12H16FNO2/c1-3-9(4-2)16-12(15)10-6-5-8(13)7-11(10)14/h5-7,9H,3-4,14H2,1-2H3. The Morgan fingerprint density at radius 1 is 1.44 bits per heavy atom.